The van der Waals surface area contributed by atoms with Crippen molar-refractivity contribution in [3.05, 3.63) is 126 Å². The standard InChI is InChI=1S/C27H20ClN3O3S/c1-16-23(25(33)30-20-7-3-2-4-8-20)24(18-10-12-19(28)13-11-18)31-26(34)22(35-27(31)29-16)15-17-6-5-9-21(32)14-17/h2-15,24,32H,1H3,(H,30,33)/t24-/m0/s1. The summed E-state index contributed by atoms with van der Waals surface area (Å²) in [4.78, 5) is 32.2. The van der Waals surface area contributed by atoms with Crippen molar-refractivity contribution in [3.8, 4) is 5.75 Å². The number of aromatic nitrogens is 1. The van der Waals surface area contributed by atoms with Gasteiger partial charge < -0.3 is 10.4 Å². The van der Waals surface area contributed by atoms with Gasteiger partial charge in [-0.25, -0.2) is 4.99 Å². The predicted octanol–water partition coefficient (Wildman–Crippen LogP) is 4.23. The maximum absolute atomic E-state index is 13.6. The summed E-state index contributed by atoms with van der Waals surface area (Å²) in [6, 6.07) is 22.2. The van der Waals surface area contributed by atoms with Crippen LogP contribution in [0.25, 0.3) is 6.08 Å². The second-order valence-corrected chi connectivity index (χ2v) is 9.49. The molecule has 0 radical (unpaired) electrons. The number of rotatable bonds is 4. The van der Waals surface area contributed by atoms with Gasteiger partial charge in [0.05, 0.1) is 21.8 Å². The van der Waals surface area contributed by atoms with Crippen LogP contribution in [0.3, 0.4) is 0 Å². The third-order valence-corrected chi connectivity index (χ3v) is 6.89. The minimum Gasteiger partial charge on any atom is -0.508 e. The molecule has 0 unspecified atom stereocenters. The van der Waals surface area contributed by atoms with Crippen LogP contribution >= 0.6 is 22.9 Å². The van der Waals surface area contributed by atoms with Crippen LogP contribution in [0.4, 0.5) is 5.69 Å². The Morgan fingerprint density at radius 1 is 1.09 bits per heavy atom. The van der Waals surface area contributed by atoms with E-state index in [2.05, 4.69) is 10.3 Å². The van der Waals surface area contributed by atoms with Crippen LogP contribution in [0.15, 0.2) is 99.9 Å². The normalized spacial score (nSPS) is 15.5. The van der Waals surface area contributed by atoms with Crippen molar-refractivity contribution >= 4 is 40.6 Å². The second kappa shape index (κ2) is 9.37. The monoisotopic (exact) mass is 501 g/mol. The molecule has 8 heteroatoms. The number of hydrogen-bond acceptors (Lipinski definition) is 5. The van der Waals surface area contributed by atoms with Gasteiger partial charge in [0, 0.05) is 10.7 Å². The molecule has 0 saturated heterocycles. The number of phenolic OH excluding ortho intramolecular Hbond substituents is 1. The molecule has 1 aromatic heterocycles. The van der Waals surface area contributed by atoms with Crippen molar-refractivity contribution in [2.24, 2.45) is 4.99 Å². The van der Waals surface area contributed by atoms with Crippen molar-refractivity contribution in [1.82, 2.24) is 4.57 Å². The number of carbonyl (C=O) groups is 1. The summed E-state index contributed by atoms with van der Waals surface area (Å²) in [7, 11) is 0. The number of nitrogens with zero attached hydrogens (tertiary/aromatic N) is 2. The fourth-order valence-electron chi connectivity index (χ4n) is 4.06. The SMILES string of the molecule is CC1=C(C(=O)Nc2ccccc2)[C@H](c2ccc(Cl)cc2)n2c(sc(=Cc3cccc(O)c3)c2=O)=N1. The van der Waals surface area contributed by atoms with Crippen LogP contribution in [0.5, 0.6) is 5.75 Å². The number of halogens is 1. The molecule has 0 saturated carbocycles. The van der Waals surface area contributed by atoms with E-state index >= 15 is 0 Å². The zero-order valence-corrected chi connectivity index (χ0v) is 20.2. The second-order valence-electron chi connectivity index (χ2n) is 8.05. The van der Waals surface area contributed by atoms with Gasteiger partial charge in [-0.15, -0.1) is 0 Å². The molecular formula is C27H20ClN3O3S. The number of phenols is 1. The highest BCUT2D eigenvalue weighted by Gasteiger charge is 2.32. The van der Waals surface area contributed by atoms with E-state index in [9.17, 15) is 14.7 Å². The molecule has 1 aliphatic rings. The minimum absolute atomic E-state index is 0.112. The van der Waals surface area contributed by atoms with E-state index in [0.29, 0.717) is 36.9 Å². The highest BCUT2D eigenvalue weighted by molar-refractivity contribution is 7.07. The Hall–Kier alpha value is -3.94. The summed E-state index contributed by atoms with van der Waals surface area (Å²) in [6.07, 6.45) is 1.71. The molecule has 6 nitrogen and oxygen atoms in total. The van der Waals surface area contributed by atoms with Crippen LogP contribution in [0, 0.1) is 0 Å². The highest BCUT2D eigenvalue weighted by Crippen LogP contribution is 2.31. The quantitative estimate of drug-likeness (QED) is 0.439. The number of nitrogens with one attached hydrogen (secondary N) is 1. The summed E-state index contributed by atoms with van der Waals surface area (Å²) >= 11 is 7.36. The molecule has 3 aromatic carbocycles. The third-order valence-electron chi connectivity index (χ3n) is 5.65. The van der Waals surface area contributed by atoms with E-state index in [0.717, 1.165) is 5.56 Å². The van der Waals surface area contributed by atoms with Crippen LogP contribution in [0.2, 0.25) is 5.02 Å². The lowest BCUT2D eigenvalue weighted by Crippen LogP contribution is -2.40. The van der Waals surface area contributed by atoms with Gasteiger partial charge >= 0.3 is 0 Å². The first kappa shape index (κ1) is 22.8. The van der Waals surface area contributed by atoms with E-state index in [4.69, 9.17) is 11.6 Å². The number of benzene rings is 3. The van der Waals surface area contributed by atoms with E-state index < -0.39 is 6.04 Å². The lowest BCUT2D eigenvalue weighted by Gasteiger charge is -2.25. The van der Waals surface area contributed by atoms with Crippen molar-refractivity contribution in [2.45, 2.75) is 13.0 Å². The van der Waals surface area contributed by atoms with E-state index in [1.807, 2.05) is 30.3 Å². The molecule has 0 fully saturated rings. The van der Waals surface area contributed by atoms with Crippen LogP contribution in [0.1, 0.15) is 24.1 Å². The Labute approximate surface area is 209 Å². The predicted molar refractivity (Wildman–Crippen MR) is 138 cm³/mol. The number of aromatic hydroxyl groups is 1. The van der Waals surface area contributed by atoms with Gasteiger partial charge in [-0.2, -0.15) is 0 Å². The molecule has 2 heterocycles. The van der Waals surface area contributed by atoms with Gasteiger partial charge in [0.2, 0.25) is 0 Å². The molecule has 35 heavy (non-hydrogen) atoms. The fourth-order valence-corrected chi connectivity index (χ4v) is 5.23. The Balaban J connectivity index is 1.68. The van der Waals surface area contributed by atoms with E-state index in [-0.39, 0.29) is 17.2 Å². The smallest absolute Gasteiger partial charge is 0.271 e. The Morgan fingerprint density at radius 3 is 2.54 bits per heavy atom. The minimum atomic E-state index is -0.682. The maximum atomic E-state index is 13.6. The number of carbonyl (C=O) groups excluding carboxylic acids is 1. The summed E-state index contributed by atoms with van der Waals surface area (Å²) in [5, 5.41) is 13.3. The first-order chi connectivity index (χ1) is 16.9. The highest BCUT2D eigenvalue weighted by atomic mass is 35.5. The molecular weight excluding hydrogens is 482 g/mol. The van der Waals surface area contributed by atoms with Crippen molar-refractivity contribution in [3.63, 3.8) is 0 Å². The zero-order chi connectivity index (χ0) is 24.5. The summed E-state index contributed by atoms with van der Waals surface area (Å²) in [5.74, 6) is -0.221. The number of fused-ring (bicyclic) bond motifs is 1. The Kier molecular flexibility index (Phi) is 6.11. The summed E-state index contributed by atoms with van der Waals surface area (Å²) < 4.78 is 2.00. The van der Waals surface area contributed by atoms with Crippen LogP contribution in [-0.4, -0.2) is 15.6 Å². The Bertz CT molecular complexity index is 1640. The molecule has 2 N–H and O–H groups in total. The molecule has 0 bridgehead atoms. The molecule has 1 aliphatic heterocycles. The summed E-state index contributed by atoms with van der Waals surface area (Å²) in [6.45, 7) is 1.77. The van der Waals surface area contributed by atoms with Gasteiger partial charge in [-0.1, -0.05) is 65.4 Å². The number of anilines is 1. The maximum Gasteiger partial charge on any atom is 0.271 e. The fraction of sp³-hybridized carbons (Fsp3) is 0.0741. The van der Waals surface area contributed by atoms with E-state index in [1.54, 1.807) is 66.1 Å². The topological polar surface area (TPSA) is 83.7 Å². The molecule has 4 aromatic rings. The summed E-state index contributed by atoms with van der Waals surface area (Å²) in [5.41, 5.74) is 2.72. The lowest BCUT2D eigenvalue weighted by atomic mass is 9.95. The molecule has 0 aliphatic carbocycles. The van der Waals surface area contributed by atoms with Gasteiger partial charge in [-0.05, 0) is 60.5 Å². The first-order valence-corrected chi connectivity index (χ1v) is 12.0. The molecule has 1 atom stereocenters. The number of hydrogen-bond donors (Lipinski definition) is 2. The van der Waals surface area contributed by atoms with Crippen molar-refractivity contribution in [2.75, 3.05) is 5.32 Å². The van der Waals surface area contributed by atoms with Crippen LogP contribution in [-0.2, 0) is 4.79 Å². The van der Waals surface area contributed by atoms with E-state index in [1.165, 1.54) is 11.3 Å². The largest absolute Gasteiger partial charge is 0.508 e. The molecule has 1 amide bonds. The van der Waals surface area contributed by atoms with Gasteiger partial charge in [0.25, 0.3) is 11.5 Å². The first-order valence-electron chi connectivity index (χ1n) is 10.8. The Morgan fingerprint density at radius 2 is 1.83 bits per heavy atom. The number of allylic oxidation sites excluding steroid dienone is 1. The van der Waals surface area contributed by atoms with Crippen molar-refractivity contribution < 1.29 is 9.90 Å². The van der Waals surface area contributed by atoms with Crippen LogP contribution < -0.4 is 20.2 Å². The van der Waals surface area contributed by atoms with Gasteiger partial charge in [0.15, 0.2) is 4.80 Å². The average molecular weight is 502 g/mol. The number of amides is 1. The molecule has 174 valence electrons. The number of para-hydroxylation sites is 1. The lowest BCUT2D eigenvalue weighted by molar-refractivity contribution is -0.113. The zero-order valence-electron chi connectivity index (χ0n) is 18.6. The number of thiazole rings is 1. The van der Waals surface area contributed by atoms with Gasteiger partial charge in [0.1, 0.15) is 5.75 Å². The molecule has 0 spiro atoms. The van der Waals surface area contributed by atoms with Gasteiger partial charge in [-0.3, -0.25) is 14.2 Å². The molecule has 5 rings (SSSR count). The third kappa shape index (κ3) is 4.56. The van der Waals surface area contributed by atoms with Crippen molar-refractivity contribution in [1.29, 1.82) is 0 Å². The average Bonchev–Trinajstić information content (AvgIpc) is 3.13.